The first-order valence-corrected chi connectivity index (χ1v) is 5.72. The summed E-state index contributed by atoms with van der Waals surface area (Å²) in [6.45, 7) is 3.28. The number of aromatic nitrogens is 1. The minimum Gasteiger partial charge on any atom is -0.478 e. The predicted octanol–water partition coefficient (Wildman–Crippen LogP) is 1.68. The fourth-order valence-electron chi connectivity index (χ4n) is 1.87. The molecule has 1 aromatic heterocycles. The van der Waals surface area contributed by atoms with Crippen molar-refractivity contribution >= 4 is 11.8 Å². The summed E-state index contributed by atoms with van der Waals surface area (Å²) in [7, 11) is 0. The Morgan fingerprint density at radius 2 is 2.18 bits per heavy atom. The monoisotopic (exact) mass is 236 g/mol. The van der Waals surface area contributed by atoms with E-state index in [4.69, 9.17) is 9.84 Å². The van der Waals surface area contributed by atoms with Gasteiger partial charge in [0.05, 0.1) is 0 Å². The summed E-state index contributed by atoms with van der Waals surface area (Å²) >= 11 is 0. The van der Waals surface area contributed by atoms with Gasteiger partial charge in [0.1, 0.15) is 11.4 Å². The lowest BCUT2D eigenvalue weighted by molar-refractivity contribution is 0.0697. The van der Waals surface area contributed by atoms with Gasteiger partial charge in [0.15, 0.2) is 0 Å². The van der Waals surface area contributed by atoms with Crippen LogP contribution in [-0.2, 0) is 4.74 Å². The van der Waals surface area contributed by atoms with Crippen LogP contribution in [0.15, 0.2) is 12.1 Å². The van der Waals surface area contributed by atoms with Gasteiger partial charge in [-0.2, -0.15) is 0 Å². The van der Waals surface area contributed by atoms with E-state index in [9.17, 15) is 4.79 Å². The lowest BCUT2D eigenvalue weighted by Gasteiger charge is -2.24. The predicted molar refractivity (Wildman–Crippen MR) is 63.4 cm³/mol. The van der Waals surface area contributed by atoms with E-state index in [0.717, 1.165) is 18.5 Å². The molecular formula is C12H16N2O3. The van der Waals surface area contributed by atoms with Crippen molar-refractivity contribution in [3.05, 3.63) is 23.4 Å². The van der Waals surface area contributed by atoms with Gasteiger partial charge in [0, 0.05) is 24.9 Å². The van der Waals surface area contributed by atoms with Gasteiger partial charge >= 0.3 is 5.97 Å². The third-order valence-corrected chi connectivity index (χ3v) is 2.83. The van der Waals surface area contributed by atoms with Crippen LogP contribution in [-0.4, -0.2) is 35.3 Å². The second-order valence-corrected chi connectivity index (χ2v) is 4.18. The molecular weight excluding hydrogens is 220 g/mol. The van der Waals surface area contributed by atoms with Crippen LogP contribution >= 0.6 is 0 Å². The molecule has 0 spiro atoms. The largest absolute Gasteiger partial charge is 0.478 e. The molecule has 17 heavy (non-hydrogen) atoms. The van der Waals surface area contributed by atoms with E-state index in [1.807, 2.05) is 6.92 Å². The Bertz CT molecular complexity index is 414. The molecule has 0 aliphatic carbocycles. The van der Waals surface area contributed by atoms with Gasteiger partial charge in [-0.15, -0.1) is 0 Å². The number of carboxylic acid groups (broad SMARTS) is 1. The molecule has 5 nitrogen and oxygen atoms in total. The minimum atomic E-state index is -0.952. The van der Waals surface area contributed by atoms with Crippen LogP contribution in [0.3, 0.4) is 0 Å². The average Bonchev–Trinajstić information content (AvgIpc) is 2.30. The highest BCUT2D eigenvalue weighted by Crippen LogP contribution is 2.18. The zero-order valence-corrected chi connectivity index (χ0v) is 9.77. The maximum absolute atomic E-state index is 11.1. The molecule has 1 saturated heterocycles. The second-order valence-electron chi connectivity index (χ2n) is 4.18. The Labute approximate surface area is 99.8 Å². The third-order valence-electron chi connectivity index (χ3n) is 2.83. The number of nitrogens with zero attached hydrogens (tertiary/aromatic N) is 1. The Kier molecular flexibility index (Phi) is 3.58. The molecule has 0 atom stereocenters. The van der Waals surface area contributed by atoms with Gasteiger partial charge in [-0.25, -0.2) is 9.78 Å². The highest BCUT2D eigenvalue weighted by Gasteiger charge is 2.18. The summed E-state index contributed by atoms with van der Waals surface area (Å²) in [5.41, 5.74) is 1.03. The standard InChI is InChI=1S/C12H16N2O3/c1-8-2-3-10(12(15)16)11(13-8)14-9-4-6-17-7-5-9/h2-3,9H,4-7H2,1H3,(H,13,14)(H,15,16). The van der Waals surface area contributed by atoms with Gasteiger partial charge in [0.25, 0.3) is 0 Å². The van der Waals surface area contributed by atoms with E-state index in [1.165, 1.54) is 0 Å². The van der Waals surface area contributed by atoms with Crippen molar-refractivity contribution < 1.29 is 14.6 Å². The number of pyridine rings is 1. The number of aryl methyl sites for hydroxylation is 1. The number of hydrogen-bond donors (Lipinski definition) is 2. The van der Waals surface area contributed by atoms with Crippen LogP contribution in [0, 0.1) is 6.92 Å². The summed E-state index contributed by atoms with van der Waals surface area (Å²) in [5, 5.41) is 12.3. The van der Waals surface area contributed by atoms with E-state index in [0.29, 0.717) is 19.0 Å². The first-order valence-electron chi connectivity index (χ1n) is 5.72. The lowest BCUT2D eigenvalue weighted by Crippen LogP contribution is -2.29. The number of carbonyl (C=O) groups is 1. The van der Waals surface area contributed by atoms with Crippen molar-refractivity contribution in [2.24, 2.45) is 0 Å². The van der Waals surface area contributed by atoms with E-state index < -0.39 is 5.97 Å². The van der Waals surface area contributed by atoms with Crippen molar-refractivity contribution in [2.75, 3.05) is 18.5 Å². The Balaban J connectivity index is 2.17. The molecule has 5 heteroatoms. The van der Waals surface area contributed by atoms with Crippen LogP contribution in [0.1, 0.15) is 28.9 Å². The molecule has 92 valence electrons. The molecule has 2 N–H and O–H groups in total. The molecule has 0 bridgehead atoms. The smallest absolute Gasteiger partial charge is 0.339 e. The first-order chi connectivity index (χ1) is 8.16. The number of hydrogen-bond acceptors (Lipinski definition) is 4. The van der Waals surface area contributed by atoms with E-state index in [2.05, 4.69) is 10.3 Å². The molecule has 2 rings (SSSR count). The maximum Gasteiger partial charge on any atom is 0.339 e. The minimum absolute atomic E-state index is 0.224. The lowest BCUT2D eigenvalue weighted by atomic mass is 10.1. The molecule has 1 fully saturated rings. The topological polar surface area (TPSA) is 71.5 Å². The summed E-state index contributed by atoms with van der Waals surface area (Å²) in [4.78, 5) is 15.3. The molecule has 1 aliphatic rings. The molecule has 0 unspecified atom stereocenters. The van der Waals surface area contributed by atoms with Gasteiger partial charge in [-0.05, 0) is 31.9 Å². The fraction of sp³-hybridized carbons (Fsp3) is 0.500. The summed E-state index contributed by atoms with van der Waals surface area (Å²) in [6, 6.07) is 3.54. The van der Waals surface area contributed by atoms with Crippen LogP contribution in [0.25, 0.3) is 0 Å². The van der Waals surface area contributed by atoms with Gasteiger partial charge in [-0.3, -0.25) is 0 Å². The molecule has 1 aliphatic heterocycles. The number of anilines is 1. The van der Waals surface area contributed by atoms with Crippen LogP contribution in [0.5, 0.6) is 0 Å². The van der Waals surface area contributed by atoms with Crippen LogP contribution in [0.2, 0.25) is 0 Å². The summed E-state index contributed by atoms with van der Waals surface area (Å²) in [6.07, 6.45) is 1.77. The van der Waals surface area contributed by atoms with E-state index in [1.54, 1.807) is 12.1 Å². The number of rotatable bonds is 3. The summed E-state index contributed by atoms with van der Waals surface area (Å²) < 4.78 is 5.26. The van der Waals surface area contributed by atoms with Crippen molar-refractivity contribution in [3.8, 4) is 0 Å². The molecule has 1 aromatic rings. The SMILES string of the molecule is Cc1ccc(C(=O)O)c(NC2CCOCC2)n1. The zero-order chi connectivity index (χ0) is 12.3. The number of aromatic carboxylic acids is 1. The van der Waals surface area contributed by atoms with Crippen molar-refractivity contribution in [1.82, 2.24) is 4.98 Å². The first kappa shape index (κ1) is 11.9. The van der Waals surface area contributed by atoms with Crippen molar-refractivity contribution in [1.29, 1.82) is 0 Å². The van der Waals surface area contributed by atoms with Crippen LogP contribution < -0.4 is 5.32 Å². The van der Waals surface area contributed by atoms with Crippen LogP contribution in [0.4, 0.5) is 5.82 Å². The quantitative estimate of drug-likeness (QED) is 0.835. The number of ether oxygens (including phenoxy) is 1. The highest BCUT2D eigenvalue weighted by molar-refractivity contribution is 5.93. The highest BCUT2D eigenvalue weighted by atomic mass is 16.5. The normalized spacial score (nSPS) is 16.8. The molecule has 0 aromatic carbocycles. The Hall–Kier alpha value is -1.62. The average molecular weight is 236 g/mol. The third kappa shape index (κ3) is 2.94. The molecule has 2 heterocycles. The molecule has 0 saturated carbocycles. The summed E-state index contributed by atoms with van der Waals surface area (Å²) in [5.74, 6) is -0.489. The van der Waals surface area contributed by atoms with Crippen molar-refractivity contribution in [2.45, 2.75) is 25.8 Å². The van der Waals surface area contributed by atoms with Gasteiger partial charge in [0.2, 0.25) is 0 Å². The van der Waals surface area contributed by atoms with E-state index in [-0.39, 0.29) is 11.6 Å². The van der Waals surface area contributed by atoms with Gasteiger partial charge < -0.3 is 15.2 Å². The Morgan fingerprint density at radius 1 is 1.47 bits per heavy atom. The van der Waals surface area contributed by atoms with Gasteiger partial charge in [-0.1, -0.05) is 0 Å². The second kappa shape index (κ2) is 5.14. The number of nitrogens with one attached hydrogen (secondary N) is 1. The molecule has 0 amide bonds. The molecule has 0 radical (unpaired) electrons. The fourth-order valence-corrected chi connectivity index (χ4v) is 1.87. The zero-order valence-electron chi connectivity index (χ0n) is 9.77. The Morgan fingerprint density at radius 3 is 2.82 bits per heavy atom. The van der Waals surface area contributed by atoms with E-state index >= 15 is 0 Å². The maximum atomic E-state index is 11.1. The van der Waals surface area contributed by atoms with Crippen molar-refractivity contribution in [3.63, 3.8) is 0 Å². The number of carboxylic acids is 1.